The summed E-state index contributed by atoms with van der Waals surface area (Å²) < 4.78 is 0. The van der Waals surface area contributed by atoms with E-state index in [1.165, 1.54) is 32.1 Å². The Labute approximate surface area is 139 Å². The van der Waals surface area contributed by atoms with Crippen molar-refractivity contribution in [2.45, 2.75) is 64.3 Å². The number of nitrogens with one attached hydrogen (secondary N) is 1. The Morgan fingerprint density at radius 3 is 2.41 bits per heavy atom. The molecule has 0 unspecified atom stereocenters. The van der Waals surface area contributed by atoms with Crippen molar-refractivity contribution < 1.29 is 4.79 Å². The first kappa shape index (κ1) is 17.5. The van der Waals surface area contributed by atoms with Crippen LogP contribution in [0.4, 0.5) is 0 Å². The summed E-state index contributed by atoms with van der Waals surface area (Å²) in [4.78, 5) is 12.5. The van der Waals surface area contributed by atoms with Crippen LogP contribution in [0.2, 0.25) is 5.02 Å². The molecule has 0 radical (unpaired) electrons. The number of hydrogen-bond acceptors (Lipinski definition) is 2. The molecule has 1 aliphatic rings. The standard InChI is InChI=1S/C19H28ClNO/c1-14(2)19(22)18(15-8-10-16(20)11-9-15)12-13-21-17-6-4-3-5-7-17/h8-11,14,17-18,21H,3-7,12-13H2,1-2H3/t18-/m1/s1. The molecule has 1 aromatic rings. The van der Waals surface area contributed by atoms with Gasteiger partial charge in [-0.25, -0.2) is 0 Å². The smallest absolute Gasteiger partial charge is 0.142 e. The maximum Gasteiger partial charge on any atom is 0.142 e. The molecule has 0 aliphatic heterocycles. The number of halogens is 1. The van der Waals surface area contributed by atoms with E-state index in [2.05, 4.69) is 5.32 Å². The van der Waals surface area contributed by atoms with Gasteiger partial charge in [-0.2, -0.15) is 0 Å². The van der Waals surface area contributed by atoms with Gasteiger partial charge in [0.05, 0.1) is 0 Å². The summed E-state index contributed by atoms with van der Waals surface area (Å²) >= 11 is 5.97. The summed E-state index contributed by atoms with van der Waals surface area (Å²) in [5, 5.41) is 4.37. The molecule has 2 nitrogen and oxygen atoms in total. The van der Waals surface area contributed by atoms with E-state index in [-0.39, 0.29) is 11.8 Å². The lowest BCUT2D eigenvalue weighted by Crippen LogP contribution is -2.33. The average molecular weight is 322 g/mol. The van der Waals surface area contributed by atoms with Gasteiger partial charge in [0.1, 0.15) is 5.78 Å². The van der Waals surface area contributed by atoms with Gasteiger partial charge in [-0.3, -0.25) is 4.79 Å². The summed E-state index contributed by atoms with van der Waals surface area (Å²) in [5.74, 6) is 0.372. The number of hydrogen-bond donors (Lipinski definition) is 1. The molecule has 0 aromatic heterocycles. The van der Waals surface area contributed by atoms with Crippen LogP contribution in [-0.2, 0) is 4.79 Å². The minimum atomic E-state index is -0.0200. The van der Waals surface area contributed by atoms with Crippen molar-refractivity contribution in [2.75, 3.05) is 6.54 Å². The second-order valence-corrected chi connectivity index (χ2v) is 7.18. The van der Waals surface area contributed by atoms with Crippen molar-refractivity contribution in [1.82, 2.24) is 5.32 Å². The van der Waals surface area contributed by atoms with Crippen LogP contribution in [0.1, 0.15) is 63.9 Å². The van der Waals surface area contributed by atoms with Crippen LogP contribution < -0.4 is 5.32 Å². The molecule has 3 heteroatoms. The first-order valence-electron chi connectivity index (χ1n) is 8.60. The zero-order valence-corrected chi connectivity index (χ0v) is 14.5. The molecule has 1 N–H and O–H groups in total. The number of carbonyl (C=O) groups is 1. The van der Waals surface area contributed by atoms with Gasteiger partial charge in [0.2, 0.25) is 0 Å². The highest BCUT2D eigenvalue weighted by Gasteiger charge is 2.23. The van der Waals surface area contributed by atoms with E-state index < -0.39 is 0 Å². The van der Waals surface area contributed by atoms with E-state index in [1.54, 1.807) is 0 Å². The Bertz CT molecular complexity index is 463. The molecule has 0 heterocycles. The summed E-state index contributed by atoms with van der Waals surface area (Å²) in [6.45, 7) is 4.88. The summed E-state index contributed by atoms with van der Waals surface area (Å²) in [6, 6.07) is 8.40. The van der Waals surface area contributed by atoms with Crippen molar-refractivity contribution >= 4 is 17.4 Å². The quantitative estimate of drug-likeness (QED) is 0.769. The molecule has 0 bridgehead atoms. The molecule has 1 saturated carbocycles. The lowest BCUT2D eigenvalue weighted by atomic mass is 9.86. The predicted molar refractivity (Wildman–Crippen MR) is 93.5 cm³/mol. The summed E-state index contributed by atoms with van der Waals surface area (Å²) in [6.07, 6.45) is 7.48. The molecule has 1 aliphatic carbocycles. The Hall–Kier alpha value is -0.860. The highest BCUT2D eigenvalue weighted by Crippen LogP contribution is 2.26. The van der Waals surface area contributed by atoms with Crippen molar-refractivity contribution in [1.29, 1.82) is 0 Å². The highest BCUT2D eigenvalue weighted by molar-refractivity contribution is 6.30. The number of Topliss-reactive ketones (excluding diaryl/α,β-unsaturated/α-hetero) is 1. The lowest BCUT2D eigenvalue weighted by Gasteiger charge is -2.25. The fourth-order valence-electron chi connectivity index (χ4n) is 3.31. The van der Waals surface area contributed by atoms with Gasteiger partial charge in [0, 0.05) is 22.9 Å². The minimum absolute atomic E-state index is 0.0200. The second-order valence-electron chi connectivity index (χ2n) is 6.74. The Balaban J connectivity index is 1.95. The monoisotopic (exact) mass is 321 g/mol. The Kier molecular flexibility index (Phi) is 6.91. The molecule has 0 saturated heterocycles. The van der Waals surface area contributed by atoms with Gasteiger partial charge in [-0.15, -0.1) is 0 Å². The molecule has 122 valence electrons. The number of benzene rings is 1. The fourth-order valence-corrected chi connectivity index (χ4v) is 3.44. The van der Waals surface area contributed by atoms with Crippen molar-refractivity contribution in [3.8, 4) is 0 Å². The van der Waals surface area contributed by atoms with Gasteiger partial charge < -0.3 is 5.32 Å². The van der Waals surface area contributed by atoms with E-state index in [1.807, 2.05) is 38.1 Å². The first-order valence-corrected chi connectivity index (χ1v) is 8.98. The first-order chi connectivity index (χ1) is 10.6. The normalized spacial score (nSPS) is 17.6. The maximum absolute atomic E-state index is 12.5. The van der Waals surface area contributed by atoms with Crippen LogP contribution in [-0.4, -0.2) is 18.4 Å². The number of ketones is 1. The van der Waals surface area contributed by atoms with E-state index >= 15 is 0 Å². The second kappa shape index (κ2) is 8.69. The van der Waals surface area contributed by atoms with Gasteiger partial charge in [0.25, 0.3) is 0 Å². The Morgan fingerprint density at radius 1 is 1.18 bits per heavy atom. The van der Waals surface area contributed by atoms with Crippen LogP contribution in [0.15, 0.2) is 24.3 Å². The van der Waals surface area contributed by atoms with Crippen molar-refractivity contribution in [2.24, 2.45) is 5.92 Å². The lowest BCUT2D eigenvalue weighted by molar-refractivity contribution is -0.123. The zero-order valence-electron chi connectivity index (χ0n) is 13.8. The van der Waals surface area contributed by atoms with Crippen molar-refractivity contribution in [3.05, 3.63) is 34.9 Å². The third kappa shape index (κ3) is 5.10. The van der Waals surface area contributed by atoms with Crippen molar-refractivity contribution in [3.63, 3.8) is 0 Å². The van der Waals surface area contributed by atoms with Gasteiger partial charge in [0.15, 0.2) is 0 Å². The maximum atomic E-state index is 12.5. The molecule has 22 heavy (non-hydrogen) atoms. The zero-order chi connectivity index (χ0) is 15.9. The largest absolute Gasteiger partial charge is 0.314 e. The van der Waals surface area contributed by atoms with Crippen LogP contribution >= 0.6 is 11.6 Å². The van der Waals surface area contributed by atoms with Gasteiger partial charge in [-0.1, -0.05) is 56.8 Å². The van der Waals surface area contributed by atoms with E-state index in [4.69, 9.17) is 11.6 Å². The third-order valence-corrected chi connectivity index (χ3v) is 4.91. The molecule has 1 fully saturated rings. The van der Waals surface area contributed by atoms with Gasteiger partial charge in [-0.05, 0) is 43.5 Å². The molecular formula is C19H28ClNO. The number of carbonyl (C=O) groups excluding carboxylic acids is 1. The molecule has 0 spiro atoms. The van der Waals surface area contributed by atoms with E-state index in [0.29, 0.717) is 11.8 Å². The number of rotatable bonds is 7. The summed E-state index contributed by atoms with van der Waals surface area (Å²) in [5.41, 5.74) is 1.09. The minimum Gasteiger partial charge on any atom is -0.314 e. The van der Waals surface area contributed by atoms with E-state index in [0.717, 1.165) is 23.6 Å². The summed E-state index contributed by atoms with van der Waals surface area (Å²) in [7, 11) is 0. The molecular weight excluding hydrogens is 294 g/mol. The van der Waals surface area contributed by atoms with Crippen LogP contribution in [0.25, 0.3) is 0 Å². The molecule has 1 aromatic carbocycles. The molecule has 0 amide bonds. The topological polar surface area (TPSA) is 29.1 Å². The van der Waals surface area contributed by atoms with Crippen LogP contribution in [0, 0.1) is 5.92 Å². The predicted octanol–water partition coefficient (Wildman–Crippen LogP) is 4.96. The van der Waals surface area contributed by atoms with Crippen LogP contribution in [0.5, 0.6) is 0 Å². The SMILES string of the molecule is CC(C)C(=O)[C@H](CCNC1CCCCC1)c1ccc(Cl)cc1. The molecule has 2 rings (SSSR count). The van der Waals surface area contributed by atoms with Gasteiger partial charge >= 0.3 is 0 Å². The third-order valence-electron chi connectivity index (χ3n) is 4.66. The Morgan fingerprint density at radius 2 is 1.82 bits per heavy atom. The van der Waals surface area contributed by atoms with Crippen LogP contribution in [0.3, 0.4) is 0 Å². The van der Waals surface area contributed by atoms with E-state index in [9.17, 15) is 4.79 Å². The fraction of sp³-hybridized carbons (Fsp3) is 0.632. The average Bonchev–Trinajstić information content (AvgIpc) is 2.53. The molecule has 1 atom stereocenters. The highest BCUT2D eigenvalue weighted by atomic mass is 35.5.